The molecule has 0 radical (unpaired) electrons. The molecule has 0 N–H and O–H groups in total. The third-order valence-electron chi connectivity index (χ3n) is 5.58. The van der Waals surface area contributed by atoms with Gasteiger partial charge in [-0.15, -0.1) is 10.2 Å². The van der Waals surface area contributed by atoms with Crippen LogP contribution in [-0.4, -0.2) is 57.2 Å². The molecule has 0 bridgehead atoms. The maximum Gasteiger partial charge on any atom is 0.228 e. The van der Waals surface area contributed by atoms with E-state index in [-0.39, 0.29) is 5.78 Å². The molecule has 0 amide bonds. The minimum Gasteiger partial charge on any atom is -0.378 e. The Labute approximate surface area is 181 Å². The summed E-state index contributed by atoms with van der Waals surface area (Å²) < 4.78 is 9.65. The van der Waals surface area contributed by atoms with Gasteiger partial charge in [0.15, 0.2) is 10.9 Å². The number of nitrogens with zero attached hydrogens (tertiary/aromatic N) is 5. The molecule has 2 aromatic heterocycles. The molecule has 4 rings (SSSR count). The molecule has 1 aliphatic heterocycles. The van der Waals surface area contributed by atoms with Crippen LogP contribution in [0, 0.1) is 13.8 Å². The number of ketones is 1. The standard InChI is InChI=1S/C22H27N5O2S/c1-16-13-19(17(2)25(16)3)20(28)15-30-22-24-23-21(26-9-11-29-12-10-26)27(22)14-18-7-5-4-6-8-18/h4-8,13H,9-12,14-15H2,1-3H3. The molecular formula is C22H27N5O2S. The minimum atomic E-state index is 0.114. The highest BCUT2D eigenvalue weighted by Crippen LogP contribution is 2.26. The number of carbonyl (C=O) groups is 1. The summed E-state index contributed by atoms with van der Waals surface area (Å²) in [5.41, 5.74) is 4.04. The summed E-state index contributed by atoms with van der Waals surface area (Å²) in [6.45, 7) is 7.62. The predicted molar refractivity (Wildman–Crippen MR) is 119 cm³/mol. The van der Waals surface area contributed by atoms with Gasteiger partial charge < -0.3 is 14.2 Å². The number of benzene rings is 1. The highest BCUT2D eigenvalue weighted by atomic mass is 32.2. The number of morpholine rings is 1. The van der Waals surface area contributed by atoms with Crippen LogP contribution in [0.4, 0.5) is 5.95 Å². The Morgan fingerprint density at radius 2 is 1.87 bits per heavy atom. The van der Waals surface area contributed by atoms with Crippen LogP contribution in [0.5, 0.6) is 0 Å². The zero-order valence-corrected chi connectivity index (χ0v) is 18.5. The number of aryl methyl sites for hydroxylation is 1. The molecule has 0 unspecified atom stereocenters. The van der Waals surface area contributed by atoms with Crippen LogP contribution in [0.25, 0.3) is 0 Å². The lowest BCUT2D eigenvalue weighted by atomic mass is 10.2. The summed E-state index contributed by atoms with van der Waals surface area (Å²) in [4.78, 5) is 15.1. The van der Waals surface area contributed by atoms with Crippen molar-refractivity contribution in [3.8, 4) is 0 Å². The van der Waals surface area contributed by atoms with Crippen LogP contribution in [-0.2, 0) is 18.3 Å². The number of carbonyl (C=O) groups excluding carboxylic acids is 1. The van der Waals surface area contributed by atoms with Crippen molar-refractivity contribution in [2.24, 2.45) is 7.05 Å². The average molecular weight is 426 g/mol. The van der Waals surface area contributed by atoms with Crippen LogP contribution in [0.15, 0.2) is 41.6 Å². The SMILES string of the molecule is Cc1cc(C(=O)CSc2nnc(N3CCOCC3)n2Cc2ccccc2)c(C)n1C. The molecule has 1 aromatic carbocycles. The van der Waals surface area contributed by atoms with E-state index in [1.807, 2.05) is 49.7 Å². The van der Waals surface area contributed by atoms with E-state index in [1.165, 1.54) is 17.3 Å². The molecule has 8 heteroatoms. The fourth-order valence-corrected chi connectivity index (χ4v) is 4.45. The Hall–Kier alpha value is -2.58. The molecular weight excluding hydrogens is 398 g/mol. The first kappa shape index (κ1) is 20.7. The third kappa shape index (κ3) is 4.29. The fraction of sp³-hybridized carbons (Fsp3) is 0.409. The maximum atomic E-state index is 12.9. The highest BCUT2D eigenvalue weighted by molar-refractivity contribution is 7.99. The van der Waals surface area contributed by atoms with Crippen LogP contribution < -0.4 is 4.90 Å². The van der Waals surface area contributed by atoms with E-state index in [0.717, 1.165) is 41.1 Å². The molecule has 3 heterocycles. The van der Waals surface area contributed by atoms with E-state index in [4.69, 9.17) is 4.74 Å². The van der Waals surface area contributed by atoms with E-state index in [1.54, 1.807) is 0 Å². The molecule has 0 spiro atoms. The van der Waals surface area contributed by atoms with E-state index in [9.17, 15) is 4.79 Å². The van der Waals surface area contributed by atoms with E-state index in [0.29, 0.717) is 25.5 Å². The monoisotopic (exact) mass is 425 g/mol. The number of aromatic nitrogens is 4. The molecule has 7 nitrogen and oxygen atoms in total. The molecule has 1 fully saturated rings. The van der Waals surface area contributed by atoms with E-state index in [2.05, 4.69) is 31.8 Å². The molecule has 1 aliphatic rings. The molecule has 0 saturated carbocycles. The van der Waals surface area contributed by atoms with Crippen molar-refractivity contribution in [3.63, 3.8) is 0 Å². The van der Waals surface area contributed by atoms with E-state index < -0.39 is 0 Å². The van der Waals surface area contributed by atoms with Gasteiger partial charge in [0.2, 0.25) is 5.95 Å². The van der Waals surface area contributed by atoms with Crippen molar-refractivity contribution in [1.82, 2.24) is 19.3 Å². The largest absolute Gasteiger partial charge is 0.378 e. The van der Waals surface area contributed by atoms with Gasteiger partial charge in [-0.3, -0.25) is 9.36 Å². The second-order valence-corrected chi connectivity index (χ2v) is 8.45. The Balaban J connectivity index is 1.56. The summed E-state index contributed by atoms with van der Waals surface area (Å²) >= 11 is 1.45. The topological polar surface area (TPSA) is 65.2 Å². The van der Waals surface area contributed by atoms with E-state index >= 15 is 0 Å². The Morgan fingerprint density at radius 1 is 1.13 bits per heavy atom. The van der Waals surface area contributed by atoms with Gasteiger partial charge in [-0.25, -0.2) is 0 Å². The molecule has 1 saturated heterocycles. The van der Waals surface area contributed by atoms with Crippen molar-refractivity contribution in [2.75, 3.05) is 37.0 Å². The second kappa shape index (κ2) is 9.06. The van der Waals surface area contributed by atoms with Crippen molar-refractivity contribution < 1.29 is 9.53 Å². The van der Waals surface area contributed by atoms with Crippen LogP contribution in [0.2, 0.25) is 0 Å². The molecule has 30 heavy (non-hydrogen) atoms. The first-order chi connectivity index (χ1) is 14.5. The summed E-state index contributed by atoms with van der Waals surface area (Å²) in [5, 5.41) is 9.67. The Morgan fingerprint density at radius 3 is 2.53 bits per heavy atom. The number of anilines is 1. The van der Waals surface area contributed by atoms with Crippen molar-refractivity contribution >= 4 is 23.5 Å². The molecule has 0 atom stereocenters. The summed E-state index contributed by atoms with van der Waals surface area (Å²) in [6.07, 6.45) is 0. The van der Waals surface area contributed by atoms with Gasteiger partial charge in [-0.1, -0.05) is 42.1 Å². The number of thioether (sulfide) groups is 1. The maximum absolute atomic E-state index is 12.9. The Kier molecular flexibility index (Phi) is 6.24. The van der Waals surface area contributed by atoms with Crippen LogP contribution in [0.3, 0.4) is 0 Å². The van der Waals surface area contributed by atoms with Crippen molar-refractivity contribution in [1.29, 1.82) is 0 Å². The average Bonchev–Trinajstić information content (AvgIpc) is 3.29. The van der Waals surface area contributed by atoms with Gasteiger partial charge in [0, 0.05) is 37.1 Å². The number of hydrogen-bond donors (Lipinski definition) is 0. The van der Waals surface area contributed by atoms with Gasteiger partial charge >= 0.3 is 0 Å². The lowest BCUT2D eigenvalue weighted by Crippen LogP contribution is -2.38. The lowest BCUT2D eigenvalue weighted by Gasteiger charge is -2.28. The fourth-order valence-electron chi connectivity index (χ4n) is 3.63. The number of hydrogen-bond acceptors (Lipinski definition) is 6. The van der Waals surface area contributed by atoms with Gasteiger partial charge in [0.05, 0.1) is 25.5 Å². The smallest absolute Gasteiger partial charge is 0.228 e. The Bertz CT molecular complexity index is 1020. The van der Waals surface area contributed by atoms with Crippen molar-refractivity contribution in [2.45, 2.75) is 25.5 Å². The highest BCUT2D eigenvalue weighted by Gasteiger charge is 2.22. The number of ether oxygens (including phenoxy) is 1. The second-order valence-electron chi connectivity index (χ2n) is 7.51. The normalized spacial score (nSPS) is 14.3. The van der Waals surface area contributed by atoms with Gasteiger partial charge in [-0.05, 0) is 25.5 Å². The minimum absolute atomic E-state index is 0.114. The number of rotatable bonds is 7. The zero-order valence-electron chi connectivity index (χ0n) is 17.7. The molecule has 0 aliphatic carbocycles. The summed E-state index contributed by atoms with van der Waals surface area (Å²) in [5.74, 6) is 1.28. The van der Waals surface area contributed by atoms with Crippen LogP contribution >= 0.6 is 11.8 Å². The van der Waals surface area contributed by atoms with Gasteiger partial charge in [0.1, 0.15) is 0 Å². The quantitative estimate of drug-likeness (QED) is 0.428. The summed E-state index contributed by atoms with van der Waals surface area (Å²) in [6, 6.07) is 12.2. The van der Waals surface area contributed by atoms with Gasteiger partial charge in [0.25, 0.3) is 0 Å². The summed E-state index contributed by atoms with van der Waals surface area (Å²) in [7, 11) is 1.99. The third-order valence-corrected chi connectivity index (χ3v) is 6.55. The molecule has 3 aromatic rings. The van der Waals surface area contributed by atoms with Crippen molar-refractivity contribution in [3.05, 3.63) is 58.9 Å². The van der Waals surface area contributed by atoms with Crippen LogP contribution in [0.1, 0.15) is 27.3 Å². The molecule has 158 valence electrons. The first-order valence-electron chi connectivity index (χ1n) is 10.1. The zero-order chi connectivity index (χ0) is 21.1. The lowest BCUT2D eigenvalue weighted by molar-refractivity contribution is 0.102. The predicted octanol–water partition coefficient (Wildman–Crippen LogP) is 3.09. The number of Topliss-reactive ketones (excluding diaryl/α,β-unsaturated/α-hetero) is 1. The van der Waals surface area contributed by atoms with Gasteiger partial charge in [-0.2, -0.15) is 0 Å². The first-order valence-corrected chi connectivity index (χ1v) is 11.1.